The van der Waals surface area contributed by atoms with E-state index >= 15 is 0 Å². The summed E-state index contributed by atoms with van der Waals surface area (Å²) in [6, 6.07) is 12.4. The molecule has 3 N–H and O–H groups in total. The molecule has 0 radical (unpaired) electrons. The number of nitrogen functional groups attached to an aromatic ring is 1. The standard InChI is InChI=1S/C16H11FN4O2.C13H11FN2O4/c17-12-6-11(18)1-2-14(12)23-15-5-10(16-7-19-9-22-16)8-21-13(15)3-4-20-21;1-2-15-7-10(12(18)19)11(17)16(13(15)20)9-5-3-8(14)4-6-9/h1-9H,18H2;3-7H,2H2,1H3,(H,18,19). The predicted molar refractivity (Wildman–Crippen MR) is 150 cm³/mol. The van der Waals surface area contributed by atoms with E-state index in [2.05, 4.69) is 10.1 Å². The molecule has 0 unspecified atom stereocenters. The van der Waals surface area contributed by atoms with E-state index in [0.29, 0.717) is 32.8 Å². The number of nitrogens with two attached hydrogens (primary N) is 1. The van der Waals surface area contributed by atoms with Gasteiger partial charge in [-0.05, 0) is 55.5 Å². The molecule has 6 rings (SSSR count). The largest absolute Gasteiger partial charge is 0.477 e. The number of carbonyl (C=O) groups is 1. The first-order valence-corrected chi connectivity index (χ1v) is 12.6. The summed E-state index contributed by atoms with van der Waals surface area (Å²) in [6.45, 7) is 1.85. The number of benzene rings is 2. The average molecular weight is 589 g/mol. The third-order valence-corrected chi connectivity index (χ3v) is 6.17. The van der Waals surface area contributed by atoms with Crippen LogP contribution in [0.3, 0.4) is 0 Å². The van der Waals surface area contributed by atoms with Gasteiger partial charge in [0.15, 0.2) is 29.5 Å². The van der Waals surface area contributed by atoms with E-state index in [1.54, 1.807) is 48.2 Å². The number of anilines is 1. The Hall–Kier alpha value is -6.05. The van der Waals surface area contributed by atoms with Crippen molar-refractivity contribution in [2.75, 3.05) is 5.73 Å². The number of halogens is 2. The van der Waals surface area contributed by atoms with Crippen LogP contribution in [0.4, 0.5) is 14.5 Å². The summed E-state index contributed by atoms with van der Waals surface area (Å²) in [5.41, 5.74) is 5.28. The van der Waals surface area contributed by atoms with Crippen molar-refractivity contribution in [2.45, 2.75) is 13.5 Å². The molecule has 0 aliphatic heterocycles. The molecule has 0 fully saturated rings. The van der Waals surface area contributed by atoms with Gasteiger partial charge in [-0.2, -0.15) is 5.10 Å². The zero-order valence-corrected chi connectivity index (χ0v) is 22.3. The average Bonchev–Trinajstić information content (AvgIpc) is 3.69. The van der Waals surface area contributed by atoms with Gasteiger partial charge in [-0.25, -0.2) is 32.4 Å². The molecular formula is C29H22F2N6O6. The number of pyridine rings is 1. The van der Waals surface area contributed by atoms with E-state index in [0.717, 1.165) is 22.9 Å². The summed E-state index contributed by atoms with van der Waals surface area (Å²) >= 11 is 0. The van der Waals surface area contributed by atoms with E-state index in [1.807, 2.05) is 0 Å². The number of nitrogens with zero attached hydrogens (tertiary/aromatic N) is 5. The Morgan fingerprint density at radius 3 is 2.47 bits per heavy atom. The lowest BCUT2D eigenvalue weighted by atomic mass is 10.2. The van der Waals surface area contributed by atoms with Crippen LogP contribution in [0, 0.1) is 11.6 Å². The van der Waals surface area contributed by atoms with E-state index in [-0.39, 0.29) is 18.0 Å². The molecule has 2 aromatic carbocycles. The number of aromatic nitrogens is 5. The first kappa shape index (κ1) is 28.5. The van der Waals surface area contributed by atoms with Crippen LogP contribution in [-0.4, -0.2) is 34.8 Å². The minimum absolute atomic E-state index is 0.0806. The minimum Gasteiger partial charge on any atom is -0.477 e. The van der Waals surface area contributed by atoms with Gasteiger partial charge in [0.05, 0.1) is 18.1 Å². The van der Waals surface area contributed by atoms with Crippen molar-refractivity contribution in [3.8, 4) is 28.5 Å². The first-order chi connectivity index (χ1) is 20.7. The van der Waals surface area contributed by atoms with Crippen molar-refractivity contribution < 1.29 is 27.8 Å². The molecule has 6 aromatic rings. The molecule has 0 aliphatic carbocycles. The lowest BCUT2D eigenvalue weighted by Gasteiger charge is -2.10. The summed E-state index contributed by atoms with van der Waals surface area (Å²) in [5, 5.41) is 13.2. The zero-order valence-electron chi connectivity index (χ0n) is 22.3. The Balaban J connectivity index is 0.000000173. The second-order valence-electron chi connectivity index (χ2n) is 8.95. The number of carboxylic acid groups (broad SMARTS) is 1. The van der Waals surface area contributed by atoms with E-state index < -0.39 is 34.4 Å². The Morgan fingerprint density at radius 1 is 1.05 bits per heavy atom. The highest BCUT2D eigenvalue weighted by atomic mass is 19.1. The van der Waals surface area contributed by atoms with Crippen LogP contribution in [0.1, 0.15) is 17.3 Å². The molecular weight excluding hydrogens is 566 g/mol. The van der Waals surface area contributed by atoms with Crippen LogP contribution >= 0.6 is 0 Å². The highest BCUT2D eigenvalue weighted by molar-refractivity contribution is 5.86. The normalized spacial score (nSPS) is 10.8. The van der Waals surface area contributed by atoms with Crippen molar-refractivity contribution in [3.05, 3.63) is 124 Å². The lowest BCUT2D eigenvalue weighted by molar-refractivity contribution is 0.0693. The SMILES string of the molecule is CCn1cc(C(=O)O)c(=O)n(-c2ccc(F)cc2)c1=O.Nc1ccc(Oc2cc(-c3cnco3)cn3nccc23)c(F)c1. The van der Waals surface area contributed by atoms with Crippen LogP contribution in [0.25, 0.3) is 22.5 Å². The second-order valence-corrected chi connectivity index (χ2v) is 8.95. The number of aromatic carboxylic acids is 1. The number of hydrogen-bond donors (Lipinski definition) is 2. The molecule has 0 saturated heterocycles. The Morgan fingerprint density at radius 2 is 1.81 bits per heavy atom. The summed E-state index contributed by atoms with van der Waals surface area (Å²) in [4.78, 5) is 39.1. The van der Waals surface area contributed by atoms with Gasteiger partial charge in [-0.1, -0.05) is 0 Å². The molecule has 218 valence electrons. The number of rotatable bonds is 6. The van der Waals surface area contributed by atoms with Gasteiger partial charge in [-0.15, -0.1) is 0 Å². The van der Waals surface area contributed by atoms with Crippen molar-refractivity contribution in [1.82, 2.24) is 23.7 Å². The molecule has 4 aromatic heterocycles. The van der Waals surface area contributed by atoms with Gasteiger partial charge < -0.3 is 20.0 Å². The maximum atomic E-state index is 14.0. The number of carboxylic acids is 1. The van der Waals surface area contributed by atoms with Gasteiger partial charge in [0.1, 0.15) is 16.9 Å². The van der Waals surface area contributed by atoms with Crippen molar-refractivity contribution in [2.24, 2.45) is 0 Å². The van der Waals surface area contributed by atoms with Gasteiger partial charge in [-0.3, -0.25) is 9.36 Å². The topological polar surface area (TPSA) is 160 Å². The fourth-order valence-corrected chi connectivity index (χ4v) is 4.08. The summed E-state index contributed by atoms with van der Waals surface area (Å²) in [6.07, 6.45) is 7.34. The first-order valence-electron chi connectivity index (χ1n) is 12.6. The Bertz CT molecular complexity index is 2050. The summed E-state index contributed by atoms with van der Waals surface area (Å²) in [5.74, 6) is -1.39. The van der Waals surface area contributed by atoms with Crippen LogP contribution in [0.2, 0.25) is 0 Å². The monoisotopic (exact) mass is 588 g/mol. The van der Waals surface area contributed by atoms with Crippen molar-refractivity contribution in [1.29, 1.82) is 0 Å². The van der Waals surface area contributed by atoms with Gasteiger partial charge in [0.2, 0.25) is 0 Å². The van der Waals surface area contributed by atoms with Gasteiger partial charge in [0.25, 0.3) is 5.56 Å². The molecule has 0 aliphatic rings. The molecule has 0 spiro atoms. The maximum Gasteiger partial charge on any atom is 0.342 e. The van der Waals surface area contributed by atoms with Crippen molar-refractivity contribution in [3.63, 3.8) is 0 Å². The number of aryl methyl sites for hydroxylation is 1. The number of oxazole rings is 1. The Labute approximate surface area is 240 Å². The van der Waals surface area contributed by atoms with Gasteiger partial charge in [0, 0.05) is 36.3 Å². The third-order valence-electron chi connectivity index (χ3n) is 6.17. The molecule has 43 heavy (non-hydrogen) atoms. The van der Waals surface area contributed by atoms with Crippen LogP contribution in [-0.2, 0) is 6.54 Å². The molecule has 0 bridgehead atoms. The van der Waals surface area contributed by atoms with E-state index in [9.17, 15) is 23.2 Å². The van der Waals surface area contributed by atoms with Crippen LogP contribution in [0.15, 0.2) is 99.8 Å². The smallest absolute Gasteiger partial charge is 0.342 e. The molecule has 12 nitrogen and oxygen atoms in total. The summed E-state index contributed by atoms with van der Waals surface area (Å²) < 4.78 is 41.3. The lowest BCUT2D eigenvalue weighted by Crippen LogP contribution is -2.41. The highest BCUT2D eigenvalue weighted by Crippen LogP contribution is 2.32. The van der Waals surface area contributed by atoms with Crippen molar-refractivity contribution >= 4 is 17.2 Å². The van der Waals surface area contributed by atoms with Crippen LogP contribution in [0.5, 0.6) is 11.5 Å². The minimum atomic E-state index is -1.42. The molecule has 4 heterocycles. The quantitative estimate of drug-likeness (QED) is 0.270. The predicted octanol–water partition coefficient (Wildman–Crippen LogP) is 4.36. The zero-order chi connectivity index (χ0) is 30.7. The second kappa shape index (κ2) is 11.8. The fraction of sp³-hybridized carbons (Fsp3) is 0.0690. The number of hydrogen-bond acceptors (Lipinski definition) is 8. The number of ether oxygens (including phenoxy) is 1. The maximum absolute atomic E-state index is 14.0. The molecule has 0 saturated carbocycles. The van der Waals surface area contributed by atoms with Crippen LogP contribution < -0.4 is 21.7 Å². The van der Waals surface area contributed by atoms with Gasteiger partial charge >= 0.3 is 11.7 Å². The highest BCUT2D eigenvalue weighted by Gasteiger charge is 2.17. The molecule has 0 atom stereocenters. The number of fused-ring (bicyclic) bond motifs is 1. The van der Waals surface area contributed by atoms with E-state index in [1.165, 1.54) is 30.7 Å². The molecule has 14 heteroatoms. The third kappa shape index (κ3) is 5.88. The molecule has 0 amide bonds. The summed E-state index contributed by atoms with van der Waals surface area (Å²) in [7, 11) is 0. The fourth-order valence-electron chi connectivity index (χ4n) is 4.08. The van der Waals surface area contributed by atoms with E-state index in [4.69, 9.17) is 20.0 Å². The Kier molecular flexibility index (Phi) is 7.83.